The van der Waals surface area contributed by atoms with Crippen molar-refractivity contribution < 1.29 is 14.3 Å². The molecule has 1 unspecified atom stereocenters. The second-order valence-electron chi connectivity index (χ2n) is 7.34. The van der Waals surface area contributed by atoms with Crippen LogP contribution in [0.3, 0.4) is 0 Å². The van der Waals surface area contributed by atoms with Gasteiger partial charge in [0.2, 0.25) is 0 Å². The van der Waals surface area contributed by atoms with E-state index in [0.29, 0.717) is 30.9 Å². The normalized spacial score (nSPS) is 23.5. The molecule has 0 aromatic carbocycles. The van der Waals surface area contributed by atoms with Gasteiger partial charge in [-0.1, -0.05) is 30.6 Å². The van der Waals surface area contributed by atoms with Gasteiger partial charge >= 0.3 is 6.03 Å². The van der Waals surface area contributed by atoms with E-state index >= 15 is 0 Å². The molecule has 1 aromatic rings. The van der Waals surface area contributed by atoms with Gasteiger partial charge in [-0.2, -0.15) is 0 Å². The molecule has 4 rings (SSSR count). The number of thiazole rings is 1. The number of rotatable bonds is 3. The number of carbonyl (C=O) groups excluding carboxylic acids is 2. The van der Waals surface area contributed by atoms with E-state index in [9.17, 15) is 9.59 Å². The summed E-state index contributed by atoms with van der Waals surface area (Å²) in [6.07, 6.45) is 7.95. The number of nitrogens with zero attached hydrogens (tertiary/aromatic N) is 2. The third kappa shape index (κ3) is 4.01. The summed E-state index contributed by atoms with van der Waals surface area (Å²) in [4.78, 5) is 32.2. The van der Waals surface area contributed by atoms with E-state index in [2.05, 4.69) is 15.6 Å². The third-order valence-corrected chi connectivity index (χ3v) is 6.40. The van der Waals surface area contributed by atoms with E-state index in [1.165, 1.54) is 30.6 Å². The minimum absolute atomic E-state index is 0.0286. The Labute approximate surface area is 157 Å². The molecule has 3 heterocycles. The molecule has 2 aliphatic heterocycles. The topological polar surface area (TPSA) is 83.6 Å². The van der Waals surface area contributed by atoms with Gasteiger partial charge in [0.05, 0.1) is 12.2 Å². The van der Waals surface area contributed by atoms with Crippen LogP contribution in [0, 0.1) is 0 Å². The molecular formula is C18H26N4O3S. The highest BCUT2D eigenvalue weighted by Crippen LogP contribution is 2.29. The van der Waals surface area contributed by atoms with Crippen LogP contribution in [0.5, 0.6) is 0 Å². The van der Waals surface area contributed by atoms with E-state index in [1.807, 2.05) is 4.90 Å². The fourth-order valence-corrected chi connectivity index (χ4v) is 4.93. The van der Waals surface area contributed by atoms with Crippen LogP contribution in [0.2, 0.25) is 0 Å². The van der Waals surface area contributed by atoms with E-state index in [-0.39, 0.29) is 18.0 Å². The maximum absolute atomic E-state index is 12.5. The second kappa shape index (κ2) is 7.92. The fraction of sp³-hybridized carbons (Fsp3) is 0.722. The van der Waals surface area contributed by atoms with Gasteiger partial charge in [-0.15, -0.1) is 0 Å². The number of carbonyl (C=O) groups is 2. The smallest absolute Gasteiger partial charge is 0.317 e. The predicted molar refractivity (Wildman–Crippen MR) is 99.2 cm³/mol. The van der Waals surface area contributed by atoms with Gasteiger partial charge in [-0.05, 0) is 25.7 Å². The molecule has 142 valence electrons. The summed E-state index contributed by atoms with van der Waals surface area (Å²) in [7, 11) is 0. The lowest BCUT2D eigenvalue weighted by Crippen LogP contribution is -2.47. The van der Waals surface area contributed by atoms with Crippen LogP contribution >= 0.6 is 11.3 Å². The lowest BCUT2D eigenvalue weighted by atomic mass is 9.96. The zero-order valence-corrected chi connectivity index (χ0v) is 15.8. The summed E-state index contributed by atoms with van der Waals surface area (Å²) in [6, 6.07) is 0.348. The maximum Gasteiger partial charge on any atom is 0.317 e. The number of nitrogens with one attached hydrogen (secondary N) is 2. The number of hydrogen-bond donors (Lipinski definition) is 2. The lowest BCUT2D eigenvalue weighted by molar-refractivity contribution is -0.124. The molecule has 1 aliphatic carbocycles. The molecule has 8 heteroatoms. The molecule has 3 amide bonds. The molecule has 1 saturated heterocycles. The minimum Gasteiger partial charge on any atom is -0.368 e. The summed E-state index contributed by atoms with van der Waals surface area (Å²) in [5.41, 5.74) is 0.999. The van der Waals surface area contributed by atoms with Crippen molar-refractivity contribution >= 4 is 28.4 Å². The van der Waals surface area contributed by atoms with Crippen molar-refractivity contribution in [3.8, 4) is 0 Å². The number of urea groups is 1. The molecule has 1 saturated carbocycles. The van der Waals surface area contributed by atoms with Crippen LogP contribution in [0.1, 0.15) is 55.5 Å². The van der Waals surface area contributed by atoms with E-state index in [0.717, 1.165) is 42.7 Å². The van der Waals surface area contributed by atoms with Crippen molar-refractivity contribution in [3.05, 3.63) is 10.6 Å². The zero-order valence-electron chi connectivity index (χ0n) is 15.0. The zero-order chi connectivity index (χ0) is 17.9. The number of hydrogen-bond acceptors (Lipinski definition) is 5. The van der Waals surface area contributed by atoms with E-state index < -0.39 is 0 Å². The Balaban J connectivity index is 1.33. The Morgan fingerprint density at radius 2 is 2.00 bits per heavy atom. The van der Waals surface area contributed by atoms with Crippen molar-refractivity contribution in [2.75, 3.05) is 18.5 Å². The maximum atomic E-state index is 12.5. The lowest BCUT2D eigenvalue weighted by Gasteiger charge is -2.30. The summed E-state index contributed by atoms with van der Waals surface area (Å²) in [5.74, 6) is -0.111. The molecule has 1 aromatic heterocycles. The number of anilines is 1. The van der Waals surface area contributed by atoms with Crippen LogP contribution in [0.25, 0.3) is 0 Å². The molecular weight excluding hydrogens is 352 g/mol. The number of ether oxygens (including phenoxy) is 1. The molecule has 2 N–H and O–H groups in total. The van der Waals surface area contributed by atoms with Gasteiger partial charge in [0, 0.05) is 30.5 Å². The first-order valence-corrected chi connectivity index (χ1v) is 10.5. The van der Waals surface area contributed by atoms with Gasteiger partial charge in [0.1, 0.15) is 6.10 Å². The summed E-state index contributed by atoms with van der Waals surface area (Å²) >= 11 is 1.47. The van der Waals surface area contributed by atoms with Crippen LogP contribution in [-0.2, 0) is 22.5 Å². The molecule has 3 aliphatic rings. The van der Waals surface area contributed by atoms with Gasteiger partial charge in [0.15, 0.2) is 5.13 Å². The summed E-state index contributed by atoms with van der Waals surface area (Å²) in [6.45, 7) is 1.90. The number of amides is 3. The van der Waals surface area contributed by atoms with Crippen LogP contribution in [0.4, 0.5) is 9.93 Å². The van der Waals surface area contributed by atoms with Gasteiger partial charge in [-0.25, -0.2) is 9.78 Å². The first-order valence-electron chi connectivity index (χ1n) is 9.65. The van der Waals surface area contributed by atoms with Crippen molar-refractivity contribution in [1.82, 2.24) is 15.2 Å². The van der Waals surface area contributed by atoms with Crippen molar-refractivity contribution in [1.29, 1.82) is 0 Å². The quantitative estimate of drug-likeness (QED) is 0.847. The highest BCUT2D eigenvalue weighted by atomic mass is 32.1. The van der Waals surface area contributed by atoms with Crippen LogP contribution in [-0.4, -0.2) is 47.1 Å². The molecule has 1 atom stereocenters. The van der Waals surface area contributed by atoms with Gasteiger partial charge < -0.3 is 15.0 Å². The van der Waals surface area contributed by atoms with Gasteiger partial charge in [-0.3, -0.25) is 10.1 Å². The highest BCUT2D eigenvalue weighted by Gasteiger charge is 2.28. The van der Waals surface area contributed by atoms with Crippen molar-refractivity contribution in [2.24, 2.45) is 0 Å². The Morgan fingerprint density at radius 3 is 2.77 bits per heavy atom. The van der Waals surface area contributed by atoms with Crippen molar-refractivity contribution in [3.63, 3.8) is 0 Å². The van der Waals surface area contributed by atoms with Gasteiger partial charge in [0.25, 0.3) is 5.91 Å². The molecule has 0 spiro atoms. The van der Waals surface area contributed by atoms with Crippen molar-refractivity contribution in [2.45, 2.75) is 70.1 Å². The molecule has 0 bridgehead atoms. The van der Waals surface area contributed by atoms with Crippen LogP contribution in [0.15, 0.2) is 0 Å². The minimum atomic E-state index is -0.353. The first kappa shape index (κ1) is 17.7. The second-order valence-corrected chi connectivity index (χ2v) is 8.42. The third-order valence-electron chi connectivity index (χ3n) is 5.40. The fourth-order valence-electron chi connectivity index (χ4n) is 3.91. The average Bonchev–Trinajstić information content (AvgIpc) is 3.31. The Kier molecular flexibility index (Phi) is 5.40. The SMILES string of the molecule is O=C(Nc1nc2c(s1)CN(C(=O)NC1CCCCC1)CC2)C1CCCO1. The highest BCUT2D eigenvalue weighted by molar-refractivity contribution is 7.15. The van der Waals surface area contributed by atoms with E-state index in [1.54, 1.807) is 0 Å². The molecule has 2 fully saturated rings. The average molecular weight is 378 g/mol. The molecule has 7 nitrogen and oxygen atoms in total. The largest absolute Gasteiger partial charge is 0.368 e. The Bertz CT molecular complexity index is 665. The summed E-state index contributed by atoms with van der Waals surface area (Å²) < 4.78 is 5.41. The van der Waals surface area contributed by atoms with E-state index in [4.69, 9.17) is 4.74 Å². The molecule has 0 radical (unpaired) electrons. The monoisotopic (exact) mass is 378 g/mol. The standard InChI is InChI=1S/C18H26N4O3S/c23-16(14-7-4-10-25-14)21-17-20-13-8-9-22(11-15(13)26-17)18(24)19-12-5-2-1-3-6-12/h12,14H,1-11H2,(H,19,24)(H,20,21,23). The Morgan fingerprint density at radius 1 is 1.15 bits per heavy atom. The predicted octanol–water partition coefficient (Wildman–Crippen LogP) is 2.66. The Hall–Kier alpha value is -1.67. The number of fused-ring (bicyclic) bond motifs is 1. The molecule has 26 heavy (non-hydrogen) atoms. The van der Waals surface area contributed by atoms with Crippen LogP contribution < -0.4 is 10.6 Å². The number of aromatic nitrogens is 1. The summed E-state index contributed by atoms with van der Waals surface area (Å²) in [5, 5.41) is 6.67. The first-order chi connectivity index (χ1) is 12.7.